The summed E-state index contributed by atoms with van der Waals surface area (Å²) in [6.07, 6.45) is 66.6. The van der Waals surface area contributed by atoms with Crippen molar-refractivity contribution in [2.75, 3.05) is 19.8 Å². The summed E-state index contributed by atoms with van der Waals surface area (Å²) >= 11 is 0. The molecule has 3 heteroatoms. The van der Waals surface area contributed by atoms with Crippen molar-refractivity contribution in [2.45, 2.75) is 335 Å². The molecule has 434 valence electrons. The Morgan fingerprint density at radius 3 is 0.500 bits per heavy atom. The largest absolute Gasteiger partial charge is 0.494 e. The van der Waals surface area contributed by atoms with Crippen molar-refractivity contribution in [3.8, 4) is 17.2 Å². The first-order valence-corrected chi connectivity index (χ1v) is 33.9. The first-order valence-electron chi connectivity index (χ1n) is 33.9. The van der Waals surface area contributed by atoms with Gasteiger partial charge in [0.2, 0.25) is 0 Å². The summed E-state index contributed by atoms with van der Waals surface area (Å²) in [6, 6.07) is 26.7. The van der Waals surface area contributed by atoms with Gasteiger partial charge < -0.3 is 14.2 Å². The SMILES string of the molecule is CCCCCCCCCCCCCCCCCCOc1ccc(C(c2ccc(OCCCCCCCCCCCCCCCCCC)cc2)c2ccc(OCCCCCCCCCCCCCCCCCC)cc2)cc1. The van der Waals surface area contributed by atoms with E-state index >= 15 is 0 Å². The Labute approximate surface area is 473 Å². The van der Waals surface area contributed by atoms with E-state index in [9.17, 15) is 0 Å². The van der Waals surface area contributed by atoms with Crippen LogP contribution in [-0.2, 0) is 0 Å². The monoisotopic (exact) mass is 1050 g/mol. The molecule has 0 bridgehead atoms. The van der Waals surface area contributed by atoms with Crippen LogP contribution in [-0.4, -0.2) is 19.8 Å². The quantitative estimate of drug-likeness (QED) is 0.0416. The van der Waals surface area contributed by atoms with Gasteiger partial charge in [-0.2, -0.15) is 0 Å². The molecule has 3 rings (SSSR count). The zero-order valence-electron chi connectivity index (χ0n) is 50.8. The average molecular weight is 1050 g/mol. The summed E-state index contributed by atoms with van der Waals surface area (Å²) < 4.78 is 18.9. The number of benzene rings is 3. The summed E-state index contributed by atoms with van der Waals surface area (Å²) in [5, 5.41) is 0. The van der Waals surface area contributed by atoms with Gasteiger partial charge in [0.1, 0.15) is 17.2 Å². The van der Waals surface area contributed by atoms with E-state index in [-0.39, 0.29) is 5.92 Å². The summed E-state index contributed by atoms with van der Waals surface area (Å²) in [4.78, 5) is 0. The third kappa shape index (κ3) is 37.8. The zero-order valence-corrected chi connectivity index (χ0v) is 50.8. The van der Waals surface area contributed by atoms with Gasteiger partial charge in [0.25, 0.3) is 0 Å². The number of hydrogen-bond acceptors (Lipinski definition) is 3. The fraction of sp³-hybridized carbons (Fsp3) is 0.753. The number of unbranched alkanes of at least 4 members (excludes halogenated alkanes) is 45. The zero-order chi connectivity index (χ0) is 53.7. The summed E-state index contributed by atoms with van der Waals surface area (Å²) in [7, 11) is 0. The van der Waals surface area contributed by atoms with Gasteiger partial charge in [0.15, 0.2) is 0 Å². The smallest absolute Gasteiger partial charge is 0.119 e. The molecule has 0 aromatic heterocycles. The van der Waals surface area contributed by atoms with Gasteiger partial charge in [-0.1, -0.05) is 346 Å². The molecular weight excluding hydrogens is 925 g/mol. The number of hydrogen-bond donors (Lipinski definition) is 0. The molecule has 0 unspecified atom stereocenters. The predicted octanol–water partition coefficient (Wildman–Crippen LogP) is 24.8. The molecule has 3 aromatic carbocycles. The Hall–Kier alpha value is -2.94. The van der Waals surface area contributed by atoms with Crippen LogP contribution in [0.5, 0.6) is 17.2 Å². The maximum absolute atomic E-state index is 6.29. The highest BCUT2D eigenvalue weighted by Gasteiger charge is 2.18. The molecule has 0 N–H and O–H groups in total. The highest BCUT2D eigenvalue weighted by molar-refractivity contribution is 5.47. The Balaban J connectivity index is 1.37. The Morgan fingerprint density at radius 2 is 0.342 bits per heavy atom. The Morgan fingerprint density at radius 1 is 0.197 bits per heavy atom. The molecule has 0 radical (unpaired) electrons. The van der Waals surface area contributed by atoms with Crippen molar-refractivity contribution < 1.29 is 14.2 Å². The van der Waals surface area contributed by atoms with Crippen LogP contribution in [0.2, 0.25) is 0 Å². The second kappa shape index (κ2) is 51.5. The lowest BCUT2D eigenvalue weighted by molar-refractivity contribution is 0.304. The van der Waals surface area contributed by atoms with Crippen LogP contribution >= 0.6 is 0 Å². The van der Waals surface area contributed by atoms with Crippen molar-refractivity contribution in [3.05, 3.63) is 89.5 Å². The molecule has 0 amide bonds. The lowest BCUT2D eigenvalue weighted by Crippen LogP contribution is -2.05. The van der Waals surface area contributed by atoms with Gasteiger partial charge in [-0.05, 0) is 72.4 Å². The second-order valence-electron chi connectivity index (χ2n) is 23.6. The number of ether oxygens (including phenoxy) is 3. The summed E-state index contributed by atoms with van der Waals surface area (Å²) in [6.45, 7) is 9.30. The minimum atomic E-state index is 0.109. The third-order valence-corrected chi connectivity index (χ3v) is 16.4. The van der Waals surface area contributed by atoms with Crippen molar-refractivity contribution in [2.24, 2.45) is 0 Å². The van der Waals surface area contributed by atoms with Crippen molar-refractivity contribution in [1.82, 2.24) is 0 Å². The van der Waals surface area contributed by atoms with E-state index in [4.69, 9.17) is 14.2 Å². The standard InChI is InChI=1S/C73H124O3/c1-4-7-10-13-16-19-22-25-28-31-34-37-40-43-46-49-64-74-70-58-52-67(53-59-70)73(68-54-60-71(61-55-68)75-65-50-47-44-41-38-35-32-29-26-23-20-17-14-11-8-5-2)69-56-62-72(63-57-69)76-66-51-48-45-42-39-36-33-30-27-24-21-18-15-12-9-6-3/h52-63,73H,4-51,64-66H2,1-3H3. The first kappa shape index (κ1) is 67.3. The maximum Gasteiger partial charge on any atom is 0.119 e. The minimum Gasteiger partial charge on any atom is -0.494 e. The highest BCUT2D eigenvalue weighted by atomic mass is 16.5. The normalized spacial score (nSPS) is 11.5. The van der Waals surface area contributed by atoms with E-state index in [2.05, 4.69) is 93.6 Å². The number of rotatable bonds is 57. The van der Waals surface area contributed by atoms with Gasteiger partial charge in [-0.25, -0.2) is 0 Å². The van der Waals surface area contributed by atoms with E-state index in [1.165, 1.54) is 306 Å². The van der Waals surface area contributed by atoms with Crippen LogP contribution in [0.1, 0.15) is 352 Å². The summed E-state index contributed by atoms with van der Waals surface area (Å²) in [5.41, 5.74) is 3.83. The topological polar surface area (TPSA) is 27.7 Å². The Bertz CT molecular complexity index is 1420. The second-order valence-corrected chi connectivity index (χ2v) is 23.6. The van der Waals surface area contributed by atoms with Gasteiger partial charge in [-0.3, -0.25) is 0 Å². The molecule has 0 heterocycles. The van der Waals surface area contributed by atoms with Gasteiger partial charge in [0.05, 0.1) is 19.8 Å². The molecule has 3 aromatic rings. The Kier molecular flexibility index (Phi) is 45.6. The molecule has 0 aliphatic heterocycles. The fourth-order valence-corrected chi connectivity index (χ4v) is 11.4. The third-order valence-electron chi connectivity index (χ3n) is 16.4. The molecule has 76 heavy (non-hydrogen) atoms. The van der Waals surface area contributed by atoms with E-state index in [1.807, 2.05) is 0 Å². The van der Waals surface area contributed by atoms with Crippen LogP contribution < -0.4 is 14.2 Å². The molecule has 3 nitrogen and oxygen atoms in total. The van der Waals surface area contributed by atoms with Crippen LogP contribution in [0.3, 0.4) is 0 Å². The molecule has 0 spiro atoms. The molecule has 0 atom stereocenters. The van der Waals surface area contributed by atoms with Crippen molar-refractivity contribution in [3.63, 3.8) is 0 Å². The predicted molar refractivity (Wildman–Crippen MR) is 335 cm³/mol. The molecule has 0 aliphatic rings. The van der Waals surface area contributed by atoms with Crippen molar-refractivity contribution in [1.29, 1.82) is 0 Å². The highest BCUT2D eigenvalue weighted by Crippen LogP contribution is 2.35. The van der Waals surface area contributed by atoms with Gasteiger partial charge >= 0.3 is 0 Å². The van der Waals surface area contributed by atoms with Crippen LogP contribution in [0.4, 0.5) is 0 Å². The van der Waals surface area contributed by atoms with Gasteiger partial charge in [-0.15, -0.1) is 0 Å². The lowest BCUT2D eigenvalue weighted by atomic mass is 9.85. The van der Waals surface area contributed by atoms with E-state index in [1.54, 1.807) is 0 Å². The van der Waals surface area contributed by atoms with Crippen LogP contribution in [0, 0.1) is 0 Å². The maximum atomic E-state index is 6.29. The van der Waals surface area contributed by atoms with Crippen LogP contribution in [0.25, 0.3) is 0 Å². The van der Waals surface area contributed by atoms with E-state index in [0.29, 0.717) is 0 Å². The molecule has 0 fully saturated rings. The van der Waals surface area contributed by atoms with E-state index < -0.39 is 0 Å². The van der Waals surface area contributed by atoms with Crippen molar-refractivity contribution >= 4 is 0 Å². The van der Waals surface area contributed by atoms with Gasteiger partial charge in [0, 0.05) is 5.92 Å². The molecule has 0 saturated carbocycles. The fourth-order valence-electron chi connectivity index (χ4n) is 11.4. The lowest BCUT2D eigenvalue weighted by Gasteiger charge is -2.20. The molecular formula is C73H124O3. The molecule has 0 saturated heterocycles. The first-order chi connectivity index (χ1) is 37.7. The van der Waals surface area contributed by atoms with Crippen LogP contribution in [0.15, 0.2) is 72.8 Å². The summed E-state index contributed by atoms with van der Waals surface area (Å²) in [5.74, 6) is 3.02. The average Bonchev–Trinajstić information content (AvgIpc) is 3.45. The van der Waals surface area contributed by atoms with E-state index in [0.717, 1.165) is 56.3 Å². The molecule has 0 aliphatic carbocycles. The minimum absolute atomic E-state index is 0.109.